The van der Waals surface area contributed by atoms with Gasteiger partial charge in [-0.25, -0.2) is 0 Å². The fraction of sp³-hybridized carbons (Fsp3) is 0.903. The molecule has 0 radical (unpaired) electrons. The van der Waals surface area contributed by atoms with Crippen LogP contribution in [0.15, 0.2) is 0 Å². The monoisotopic (exact) mass is 726 g/mol. The number of aliphatic carboxylic acids is 3. The van der Waals surface area contributed by atoms with Crippen LogP contribution in [0.5, 0.6) is 0 Å². The van der Waals surface area contributed by atoms with Crippen molar-refractivity contribution in [3.05, 3.63) is 0 Å². The molecule has 8 nitrogen and oxygen atoms in total. The third-order valence-corrected chi connectivity index (χ3v) is 7.62. The molecule has 268 valence electrons. The Morgan fingerprint density at radius 2 is 0.932 bits per heavy atom. The highest BCUT2D eigenvalue weighted by atomic mass is 32.1. The van der Waals surface area contributed by atoms with Crippen molar-refractivity contribution >= 4 is 81.1 Å². The van der Waals surface area contributed by atoms with E-state index in [1.807, 2.05) is 0 Å². The van der Waals surface area contributed by atoms with Crippen LogP contribution >= 0.6 is 63.1 Å². The van der Waals surface area contributed by atoms with E-state index in [9.17, 15) is 19.5 Å². The third kappa shape index (κ3) is 69.0. The van der Waals surface area contributed by atoms with Crippen molar-refractivity contribution in [3.8, 4) is 0 Å². The van der Waals surface area contributed by atoms with Crippen molar-refractivity contribution in [3.63, 3.8) is 0 Å². The number of carboxylic acids is 3. The second-order valence-corrected chi connectivity index (χ2v) is 12.4. The maximum absolute atomic E-state index is 10.5. The van der Waals surface area contributed by atoms with Crippen molar-refractivity contribution in [1.82, 2.24) is 0 Å². The first-order chi connectivity index (χ1) is 20.8. The first-order valence-corrected chi connectivity index (χ1v) is 19.0. The minimum absolute atomic E-state index is 0.0833. The molecule has 0 aromatic rings. The van der Waals surface area contributed by atoms with Crippen LogP contribution in [0.2, 0.25) is 0 Å². The minimum Gasteiger partial charge on any atom is -0.481 e. The molecule has 0 fully saturated rings. The van der Waals surface area contributed by atoms with E-state index in [1.54, 1.807) is 6.92 Å². The lowest BCUT2D eigenvalue weighted by Crippen LogP contribution is -2.12. The molecule has 0 aliphatic carbocycles. The number of thiol groups is 5. The Kier molecular flexibility index (Phi) is 57.8. The number of rotatable bonds is 23. The molecule has 5 N–H and O–H groups in total. The van der Waals surface area contributed by atoms with E-state index >= 15 is 0 Å². The number of carboxylic acid groups (broad SMARTS) is 3. The van der Waals surface area contributed by atoms with Crippen LogP contribution in [0.25, 0.3) is 0 Å². The molecule has 0 amide bonds. The fourth-order valence-electron chi connectivity index (χ4n) is 3.12. The van der Waals surface area contributed by atoms with Gasteiger partial charge in [-0.2, -0.15) is 63.1 Å². The van der Waals surface area contributed by atoms with Crippen LogP contribution in [0.1, 0.15) is 136 Å². The van der Waals surface area contributed by atoms with Crippen LogP contribution in [0, 0.1) is 0 Å². The lowest BCUT2D eigenvalue weighted by atomic mass is 10.1. The zero-order valence-electron chi connectivity index (χ0n) is 27.5. The molecule has 0 aliphatic heterocycles. The number of hydrogen-bond acceptors (Lipinski definition) is 10. The van der Waals surface area contributed by atoms with E-state index in [0.717, 1.165) is 25.7 Å². The summed E-state index contributed by atoms with van der Waals surface area (Å²) in [5, 5.41) is 41.2. The van der Waals surface area contributed by atoms with Crippen LogP contribution in [-0.4, -0.2) is 83.9 Å². The molecule has 0 saturated carbocycles. The first-order valence-electron chi connectivity index (χ1n) is 15.9. The van der Waals surface area contributed by atoms with Crippen molar-refractivity contribution < 1.29 is 39.9 Å². The zero-order chi connectivity index (χ0) is 35.0. The fourth-order valence-corrected chi connectivity index (χ4v) is 3.68. The molecule has 13 heteroatoms. The van der Waals surface area contributed by atoms with Gasteiger partial charge in [0.25, 0.3) is 0 Å². The van der Waals surface area contributed by atoms with Gasteiger partial charge in [0.2, 0.25) is 0 Å². The van der Waals surface area contributed by atoms with E-state index in [4.69, 9.17) is 20.4 Å². The second kappa shape index (κ2) is 47.5. The molecule has 0 aliphatic rings. The lowest BCUT2D eigenvalue weighted by Gasteiger charge is -2.06. The SMILES string of the molecule is CC(O)CS.CCCCCCCCCC(O)CS.CCCCCCCCCCC(S)C(=O)O.O=C(O)CCS.O=C(O)CS. The Morgan fingerprint density at radius 1 is 0.591 bits per heavy atom. The van der Waals surface area contributed by atoms with E-state index in [2.05, 4.69) is 77.0 Å². The molecule has 0 aromatic heterocycles. The van der Waals surface area contributed by atoms with Crippen LogP contribution in [0.3, 0.4) is 0 Å². The first kappa shape index (κ1) is 53.6. The van der Waals surface area contributed by atoms with Gasteiger partial charge in [-0.1, -0.05) is 110 Å². The van der Waals surface area contributed by atoms with E-state index in [-0.39, 0.29) is 24.4 Å². The van der Waals surface area contributed by atoms with Gasteiger partial charge in [0.1, 0.15) is 0 Å². The van der Waals surface area contributed by atoms with Crippen LogP contribution < -0.4 is 0 Å². The van der Waals surface area contributed by atoms with Crippen LogP contribution in [0.4, 0.5) is 0 Å². The summed E-state index contributed by atoms with van der Waals surface area (Å²) in [5.41, 5.74) is 0. The number of aliphatic hydroxyl groups is 2. The average Bonchev–Trinajstić information content (AvgIpc) is 2.98. The summed E-state index contributed by atoms with van der Waals surface area (Å²) in [5.74, 6) is -0.954. The highest BCUT2D eigenvalue weighted by Crippen LogP contribution is 2.13. The number of hydrogen-bond donors (Lipinski definition) is 10. The highest BCUT2D eigenvalue weighted by molar-refractivity contribution is 7.81. The lowest BCUT2D eigenvalue weighted by molar-refractivity contribution is -0.137. The molecule has 0 rings (SSSR count). The normalized spacial score (nSPS) is 11.9. The largest absolute Gasteiger partial charge is 0.481 e. The highest BCUT2D eigenvalue weighted by Gasteiger charge is 2.10. The van der Waals surface area contributed by atoms with Gasteiger partial charge < -0.3 is 25.5 Å². The van der Waals surface area contributed by atoms with E-state index < -0.39 is 23.2 Å². The smallest absolute Gasteiger partial charge is 0.316 e. The molecule has 3 unspecified atom stereocenters. The Morgan fingerprint density at radius 3 is 1.16 bits per heavy atom. The summed E-state index contributed by atoms with van der Waals surface area (Å²) >= 11 is 18.9. The summed E-state index contributed by atoms with van der Waals surface area (Å²) in [4.78, 5) is 29.3. The van der Waals surface area contributed by atoms with Gasteiger partial charge in [0.05, 0.1) is 29.6 Å². The molecule has 0 aromatic carbocycles. The van der Waals surface area contributed by atoms with Crippen molar-refractivity contribution in [1.29, 1.82) is 0 Å². The van der Waals surface area contributed by atoms with Crippen molar-refractivity contribution in [2.75, 3.05) is 23.0 Å². The van der Waals surface area contributed by atoms with Crippen LogP contribution in [-0.2, 0) is 14.4 Å². The molecule has 44 heavy (non-hydrogen) atoms. The molecule has 0 bridgehead atoms. The number of unbranched alkanes of at least 4 members (excludes halogenated alkanes) is 13. The van der Waals surface area contributed by atoms with E-state index in [0.29, 0.717) is 23.7 Å². The molecule has 0 saturated heterocycles. The number of carbonyl (C=O) groups is 3. The molecular formula is C31H66O8S5. The quantitative estimate of drug-likeness (QED) is 0.0376. The predicted octanol–water partition coefficient (Wildman–Crippen LogP) is 8.01. The molecule has 3 atom stereocenters. The summed E-state index contributed by atoms with van der Waals surface area (Å²) in [7, 11) is 0. The van der Waals surface area contributed by atoms with Gasteiger partial charge >= 0.3 is 17.9 Å². The van der Waals surface area contributed by atoms with Gasteiger partial charge in [0.15, 0.2) is 0 Å². The van der Waals surface area contributed by atoms with Gasteiger partial charge in [-0.05, 0) is 19.8 Å². The summed E-state index contributed by atoms with van der Waals surface area (Å²) in [6.07, 6.45) is 20.6. The molecular weight excluding hydrogens is 661 g/mol. The summed E-state index contributed by atoms with van der Waals surface area (Å²) in [6, 6.07) is 0. The summed E-state index contributed by atoms with van der Waals surface area (Å²) < 4.78 is 0. The van der Waals surface area contributed by atoms with Gasteiger partial charge in [-0.3, -0.25) is 14.4 Å². The van der Waals surface area contributed by atoms with Gasteiger partial charge in [-0.15, -0.1) is 0 Å². The molecule has 0 spiro atoms. The number of aliphatic hydroxyl groups excluding tert-OH is 2. The Bertz CT molecular complexity index is 587. The third-order valence-electron chi connectivity index (χ3n) is 5.69. The summed E-state index contributed by atoms with van der Waals surface area (Å²) in [6.45, 7) is 6.16. The minimum atomic E-state index is -0.881. The maximum atomic E-state index is 10.5. The van der Waals surface area contributed by atoms with Gasteiger partial charge in [0, 0.05) is 17.3 Å². The zero-order valence-corrected chi connectivity index (χ0v) is 32.0. The average molecular weight is 727 g/mol. The standard InChI is InChI=1S/C12H24O2S.C11H24OS.C3H6O2S.C3H8OS.C2H4O2S/c1-2-3-4-5-6-7-8-9-10-11(15)12(13)14;1-2-3-4-5-6-7-8-9-11(12)10-13;4-3(5)1-2-6;1-3(4)2-5;3-2(4)1-5/h11,15H,2-10H2,1H3,(H,13,14);11-13H,2-10H2,1H3;6H,1-2H2,(H,4,5);3-5H,2H2,1H3;5H,1H2,(H,3,4). The maximum Gasteiger partial charge on any atom is 0.316 e. The predicted molar refractivity (Wildman–Crippen MR) is 203 cm³/mol. The van der Waals surface area contributed by atoms with E-state index in [1.165, 1.54) is 77.0 Å². The second-order valence-electron chi connectivity index (χ2n) is 10.3. The molecule has 0 heterocycles. The Balaban J connectivity index is -0.000000157. The topological polar surface area (TPSA) is 152 Å². The van der Waals surface area contributed by atoms with Crippen molar-refractivity contribution in [2.24, 2.45) is 0 Å². The Labute approximate surface area is 296 Å². The Hall–Kier alpha value is 0.0800. The van der Waals surface area contributed by atoms with Crippen molar-refractivity contribution in [2.45, 2.75) is 154 Å².